The summed E-state index contributed by atoms with van der Waals surface area (Å²) in [4.78, 5) is 23.7. The lowest BCUT2D eigenvalue weighted by atomic mass is 10.2. The molecule has 3 rings (SSSR count). The van der Waals surface area contributed by atoms with E-state index in [0.29, 0.717) is 17.0 Å². The number of carbonyl (C=O) groups is 2. The Hall–Kier alpha value is -3.74. The largest absolute Gasteiger partial charge is 0.497 e. The van der Waals surface area contributed by atoms with Crippen molar-refractivity contribution in [1.82, 2.24) is 4.57 Å². The van der Waals surface area contributed by atoms with E-state index in [-0.39, 0.29) is 12.5 Å². The third-order valence-corrected chi connectivity index (χ3v) is 4.46. The second-order valence-corrected chi connectivity index (χ2v) is 6.56. The highest BCUT2D eigenvalue weighted by Gasteiger charge is 2.17. The highest BCUT2D eigenvalue weighted by molar-refractivity contribution is 6.05. The van der Waals surface area contributed by atoms with Gasteiger partial charge in [0, 0.05) is 34.9 Å². The molecule has 0 atom stereocenters. The zero-order valence-corrected chi connectivity index (χ0v) is 16.6. The van der Waals surface area contributed by atoms with Gasteiger partial charge >= 0.3 is 0 Å². The Labute approximate surface area is 169 Å². The van der Waals surface area contributed by atoms with Crippen LogP contribution in [0.15, 0.2) is 54.6 Å². The minimum Gasteiger partial charge on any atom is -0.497 e. The van der Waals surface area contributed by atoms with Crippen molar-refractivity contribution in [3.63, 3.8) is 0 Å². The molecule has 0 saturated carbocycles. The molecule has 0 aliphatic carbocycles. The Kier molecular flexibility index (Phi) is 5.87. The van der Waals surface area contributed by atoms with Crippen LogP contribution in [0.5, 0.6) is 11.5 Å². The Morgan fingerprint density at radius 3 is 2.48 bits per heavy atom. The van der Waals surface area contributed by atoms with Crippen molar-refractivity contribution < 1.29 is 19.1 Å². The number of benzene rings is 2. The molecule has 0 unspecified atom stereocenters. The first-order valence-corrected chi connectivity index (χ1v) is 9.05. The average Bonchev–Trinajstić information content (AvgIpc) is 3.01. The van der Waals surface area contributed by atoms with E-state index in [2.05, 4.69) is 5.32 Å². The third-order valence-electron chi connectivity index (χ3n) is 4.46. The number of amides is 2. The smallest absolute Gasteiger partial charge is 0.257 e. The molecule has 7 nitrogen and oxygen atoms in total. The van der Waals surface area contributed by atoms with Gasteiger partial charge in [0.2, 0.25) is 0 Å². The number of hydrogen-bond donors (Lipinski definition) is 2. The average molecular weight is 393 g/mol. The van der Waals surface area contributed by atoms with E-state index < -0.39 is 5.91 Å². The number of nitrogens with two attached hydrogens (primary N) is 1. The lowest BCUT2D eigenvalue weighted by Gasteiger charge is -2.12. The summed E-state index contributed by atoms with van der Waals surface area (Å²) in [5, 5.41) is 2.87. The maximum Gasteiger partial charge on any atom is 0.257 e. The summed E-state index contributed by atoms with van der Waals surface area (Å²) < 4.78 is 12.6. The number of primary amides is 1. The first-order valence-electron chi connectivity index (χ1n) is 9.05. The molecule has 3 aromatic rings. The van der Waals surface area contributed by atoms with Crippen LogP contribution in [0, 0.1) is 13.8 Å². The van der Waals surface area contributed by atoms with Gasteiger partial charge in [0.1, 0.15) is 11.5 Å². The molecule has 0 bridgehead atoms. The second kappa shape index (κ2) is 8.52. The van der Waals surface area contributed by atoms with Crippen LogP contribution in [0.25, 0.3) is 5.69 Å². The van der Waals surface area contributed by atoms with Crippen LogP contribution in [0.1, 0.15) is 21.7 Å². The molecule has 2 amide bonds. The Balaban J connectivity index is 1.84. The predicted molar refractivity (Wildman–Crippen MR) is 111 cm³/mol. The Bertz CT molecular complexity index is 1060. The molecule has 1 aromatic heterocycles. The zero-order chi connectivity index (χ0) is 21.0. The molecule has 0 spiro atoms. The molecule has 1 heterocycles. The first kappa shape index (κ1) is 20.0. The maximum atomic E-state index is 12.9. The summed E-state index contributed by atoms with van der Waals surface area (Å²) in [6.45, 7) is 3.62. The van der Waals surface area contributed by atoms with Gasteiger partial charge in [-0.2, -0.15) is 0 Å². The van der Waals surface area contributed by atoms with Crippen molar-refractivity contribution in [3.05, 3.63) is 71.5 Å². The molecule has 29 heavy (non-hydrogen) atoms. The molecular formula is C22H23N3O4. The fourth-order valence-corrected chi connectivity index (χ4v) is 3.16. The van der Waals surface area contributed by atoms with Gasteiger partial charge in [-0.25, -0.2) is 0 Å². The minimum atomic E-state index is -0.565. The number of carbonyl (C=O) groups excluding carboxylic acids is 2. The SMILES string of the molecule is COc1cccc(-n2c(C)cc(C(=O)Nc3cccc(OCC(N)=O)c3)c2C)c1. The normalized spacial score (nSPS) is 10.4. The van der Waals surface area contributed by atoms with Gasteiger partial charge in [-0.3, -0.25) is 9.59 Å². The molecule has 7 heteroatoms. The second-order valence-electron chi connectivity index (χ2n) is 6.56. The number of methoxy groups -OCH3 is 1. The molecule has 0 fully saturated rings. The monoisotopic (exact) mass is 393 g/mol. The summed E-state index contributed by atoms with van der Waals surface area (Å²) in [5.41, 5.74) is 8.87. The van der Waals surface area contributed by atoms with Gasteiger partial charge in [-0.1, -0.05) is 12.1 Å². The summed E-state index contributed by atoms with van der Waals surface area (Å²) in [5.74, 6) is 0.390. The number of aromatic nitrogens is 1. The number of anilines is 1. The van der Waals surface area contributed by atoms with Crippen LogP contribution in [-0.2, 0) is 4.79 Å². The molecule has 0 saturated heterocycles. The van der Waals surface area contributed by atoms with Gasteiger partial charge in [0.15, 0.2) is 6.61 Å². The van der Waals surface area contributed by atoms with Crippen molar-refractivity contribution in [2.75, 3.05) is 19.0 Å². The fourth-order valence-electron chi connectivity index (χ4n) is 3.16. The van der Waals surface area contributed by atoms with E-state index in [1.807, 2.05) is 48.7 Å². The highest BCUT2D eigenvalue weighted by atomic mass is 16.5. The van der Waals surface area contributed by atoms with Crippen LogP contribution in [-0.4, -0.2) is 30.1 Å². The van der Waals surface area contributed by atoms with Crippen LogP contribution in [0.2, 0.25) is 0 Å². The Morgan fingerprint density at radius 2 is 1.76 bits per heavy atom. The van der Waals surface area contributed by atoms with Crippen molar-refractivity contribution in [1.29, 1.82) is 0 Å². The van der Waals surface area contributed by atoms with Crippen molar-refractivity contribution in [2.24, 2.45) is 5.73 Å². The topological polar surface area (TPSA) is 95.6 Å². The lowest BCUT2D eigenvalue weighted by Crippen LogP contribution is -2.20. The van der Waals surface area contributed by atoms with E-state index in [1.54, 1.807) is 31.4 Å². The molecule has 0 aliphatic rings. The maximum absolute atomic E-state index is 12.9. The van der Waals surface area contributed by atoms with Crippen LogP contribution in [0.3, 0.4) is 0 Å². The molecule has 150 valence electrons. The van der Waals surface area contributed by atoms with E-state index in [0.717, 1.165) is 22.8 Å². The Morgan fingerprint density at radius 1 is 1.03 bits per heavy atom. The number of ether oxygens (including phenoxy) is 2. The van der Waals surface area contributed by atoms with Crippen LogP contribution < -0.4 is 20.5 Å². The summed E-state index contributed by atoms with van der Waals surface area (Å²) in [7, 11) is 1.62. The number of nitrogens with zero attached hydrogens (tertiary/aromatic N) is 1. The van der Waals surface area contributed by atoms with Gasteiger partial charge in [0.05, 0.1) is 12.7 Å². The fraction of sp³-hybridized carbons (Fsp3) is 0.182. The molecule has 3 N–H and O–H groups in total. The van der Waals surface area contributed by atoms with Gasteiger partial charge < -0.3 is 25.1 Å². The highest BCUT2D eigenvalue weighted by Crippen LogP contribution is 2.25. The number of hydrogen-bond acceptors (Lipinski definition) is 4. The molecular weight excluding hydrogens is 370 g/mol. The van der Waals surface area contributed by atoms with Gasteiger partial charge in [-0.05, 0) is 44.2 Å². The van der Waals surface area contributed by atoms with Gasteiger partial charge in [-0.15, -0.1) is 0 Å². The van der Waals surface area contributed by atoms with Crippen molar-refractivity contribution in [3.8, 4) is 17.2 Å². The van der Waals surface area contributed by atoms with E-state index in [1.165, 1.54) is 0 Å². The van der Waals surface area contributed by atoms with E-state index in [4.69, 9.17) is 15.2 Å². The van der Waals surface area contributed by atoms with Crippen molar-refractivity contribution >= 4 is 17.5 Å². The van der Waals surface area contributed by atoms with E-state index >= 15 is 0 Å². The number of aryl methyl sites for hydroxylation is 1. The predicted octanol–water partition coefficient (Wildman–Crippen LogP) is 3.22. The quantitative estimate of drug-likeness (QED) is 0.644. The van der Waals surface area contributed by atoms with E-state index in [9.17, 15) is 9.59 Å². The summed E-state index contributed by atoms with van der Waals surface area (Å²) in [6, 6.07) is 16.3. The zero-order valence-electron chi connectivity index (χ0n) is 16.6. The van der Waals surface area contributed by atoms with Crippen molar-refractivity contribution in [2.45, 2.75) is 13.8 Å². The first-order chi connectivity index (χ1) is 13.9. The molecule has 0 radical (unpaired) electrons. The summed E-state index contributed by atoms with van der Waals surface area (Å²) in [6.07, 6.45) is 0. The summed E-state index contributed by atoms with van der Waals surface area (Å²) >= 11 is 0. The standard InChI is InChI=1S/C22H23N3O4/c1-14-10-20(15(2)25(14)17-7-5-8-18(12-17)28-3)22(27)24-16-6-4-9-19(11-16)29-13-21(23)26/h4-12H,13H2,1-3H3,(H2,23,26)(H,24,27). The third kappa shape index (κ3) is 4.57. The molecule has 0 aliphatic heterocycles. The number of nitrogens with one attached hydrogen (secondary N) is 1. The number of rotatable bonds is 7. The van der Waals surface area contributed by atoms with Crippen LogP contribution in [0.4, 0.5) is 5.69 Å². The minimum absolute atomic E-state index is 0.223. The molecule has 2 aromatic carbocycles. The van der Waals surface area contributed by atoms with Gasteiger partial charge in [0.25, 0.3) is 11.8 Å². The van der Waals surface area contributed by atoms with Crippen LogP contribution >= 0.6 is 0 Å². The lowest BCUT2D eigenvalue weighted by molar-refractivity contribution is -0.119.